The second kappa shape index (κ2) is 25.7. The molecule has 0 saturated heterocycles. The van der Waals surface area contributed by atoms with Crippen LogP contribution in [-0.4, -0.2) is 137 Å². The van der Waals surface area contributed by atoms with Crippen LogP contribution in [0.15, 0.2) is 36.8 Å². The van der Waals surface area contributed by atoms with E-state index >= 15 is 0 Å². The van der Waals surface area contributed by atoms with Crippen molar-refractivity contribution in [2.24, 2.45) is 0 Å². The van der Waals surface area contributed by atoms with Gasteiger partial charge >= 0.3 is 6.18 Å². The van der Waals surface area contributed by atoms with E-state index in [1.165, 1.54) is 13.8 Å². The van der Waals surface area contributed by atoms with E-state index < -0.39 is 12.4 Å². The molecule has 0 fully saturated rings. The zero-order valence-corrected chi connectivity index (χ0v) is 38.9. The number of nitrogens with zero attached hydrogens (tertiary/aromatic N) is 5. The van der Waals surface area contributed by atoms with Gasteiger partial charge in [-0.2, -0.15) is 13.2 Å². The second-order valence-electron chi connectivity index (χ2n) is 15.4. The number of carbonyl (C=O) groups is 9. The zero-order chi connectivity index (χ0) is 50.9. The number of alkyl halides is 3. The molecule has 6 rings (SSSR count). The third-order valence-electron chi connectivity index (χ3n) is 10.4. The van der Waals surface area contributed by atoms with Crippen molar-refractivity contribution in [3.63, 3.8) is 0 Å². The number of aldehydes is 1. The first kappa shape index (κ1) is 53.6. The lowest BCUT2D eigenvalue weighted by atomic mass is 10.1. The third kappa shape index (κ3) is 16.4. The topological polar surface area (TPSA) is 249 Å². The molecule has 6 heterocycles. The Balaban J connectivity index is 0.000000317. The average Bonchev–Trinajstić information content (AvgIpc) is 4.01. The highest BCUT2D eigenvalue weighted by molar-refractivity contribution is 5.96. The fraction of sp³-hybridized carbons (Fsp3) is 0.523. The summed E-state index contributed by atoms with van der Waals surface area (Å²) in [6.45, 7) is 13.5. The van der Waals surface area contributed by atoms with Crippen LogP contribution in [0.4, 0.5) is 18.9 Å². The Morgan fingerprint density at radius 2 is 1.06 bits per heavy atom. The van der Waals surface area contributed by atoms with E-state index in [0.29, 0.717) is 87.6 Å². The van der Waals surface area contributed by atoms with Gasteiger partial charge in [0.1, 0.15) is 30.0 Å². The van der Waals surface area contributed by atoms with Gasteiger partial charge in [0.25, 0.3) is 17.7 Å². The van der Waals surface area contributed by atoms with Gasteiger partial charge in [0.05, 0.1) is 23.8 Å². The van der Waals surface area contributed by atoms with Gasteiger partial charge in [0.15, 0.2) is 0 Å². The highest BCUT2D eigenvalue weighted by Gasteiger charge is 2.30. The number of aromatic nitrogens is 3. The molecular weight excluding hydrogens is 870 g/mol. The minimum Gasteiger partial charge on any atom is -0.397 e. The molecule has 0 aromatic carbocycles. The van der Waals surface area contributed by atoms with Gasteiger partial charge in [-0.3, -0.25) is 43.2 Å². The molecule has 6 amide bonds. The number of amides is 6. The number of nitrogen functional groups attached to an aromatic ring is 1. The van der Waals surface area contributed by atoms with Gasteiger partial charge in [-0.1, -0.05) is 13.8 Å². The van der Waals surface area contributed by atoms with Crippen LogP contribution < -0.4 is 27.0 Å². The summed E-state index contributed by atoms with van der Waals surface area (Å²) in [5.41, 5.74) is 9.43. The van der Waals surface area contributed by atoms with E-state index in [2.05, 4.69) is 21.3 Å². The van der Waals surface area contributed by atoms with Crippen LogP contribution in [0, 0.1) is 0 Å². The lowest BCUT2D eigenvalue weighted by Gasteiger charge is -2.27. The van der Waals surface area contributed by atoms with Crippen LogP contribution in [0.3, 0.4) is 0 Å². The van der Waals surface area contributed by atoms with E-state index in [0.717, 1.165) is 11.1 Å². The van der Waals surface area contributed by atoms with Gasteiger partial charge < -0.3 is 50.5 Å². The van der Waals surface area contributed by atoms with Gasteiger partial charge in [-0.15, -0.1) is 0 Å². The predicted octanol–water partition coefficient (Wildman–Crippen LogP) is 2.81. The number of halogens is 3. The minimum atomic E-state index is -4.97. The van der Waals surface area contributed by atoms with E-state index in [1.807, 2.05) is 38.5 Å². The molecule has 6 N–H and O–H groups in total. The van der Waals surface area contributed by atoms with Crippen LogP contribution in [0.5, 0.6) is 0 Å². The molecule has 0 spiro atoms. The van der Waals surface area contributed by atoms with Crippen LogP contribution in [-0.2, 0) is 41.6 Å². The Labute approximate surface area is 383 Å². The molecule has 0 aliphatic carbocycles. The Hall–Kier alpha value is -6.74. The normalized spacial score (nSPS) is 16.8. The van der Waals surface area contributed by atoms with Gasteiger partial charge in [0.2, 0.25) is 24.0 Å². The van der Waals surface area contributed by atoms with Crippen molar-refractivity contribution < 1.29 is 57.7 Å². The molecule has 0 radical (unpaired) electrons. The van der Waals surface area contributed by atoms with Gasteiger partial charge in [-0.25, -0.2) is 0 Å². The van der Waals surface area contributed by atoms with Crippen molar-refractivity contribution in [2.45, 2.75) is 97.9 Å². The molecule has 364 valence electrons. The summed E-state index contributed by atoms with van der Waals surface area (Å²) in [6.07, 6.45) is -0.522. The van der Waals surface area contributed by atoms with Gasteiger partial charge in [0, 0.05) is 105 Å². The molecule has 3 aliphatic rings. The number of anilines is 1. The molecule has 0 bridgehead atoms. The lowest BCUT2D eigenvalue weighted by molar-refractivity contribution is -0.156. The quantitative estimate of drug-likeness (QED) is 0.166. The second-order valence-corrected chi connectivity index (χ2v) is 15.4. The summed E-state index contributed by atoms with van der Waals surface area (Å²) >= 11 is 0. The summed E-state index contributed by atoms with van der Waals surface area (Å²) in [6, 6.07) is 4.82. The van der Waals surface area contributed by atoms with Crippen LogP contribution in [0.1, 0.15) is 123 Å². The number of Topliss-reactive ketones (excluding diaryl/α,β-unsaturated/α-hetero) is 2. The fourth-order valence-corrected chi connectivity index (χ4v) is 6.89. The number of fused-ring (bicyclic) bond motifs is 3. The molecule has 3 atom stereocenters. The van der Waals surface area contributed by atoms with Crippen molar-refractivity contribution in [1.29, 1.82) is 0 Å². The number of hydrogen-bond acceptors (Lipinski definition) is 10. The first-order valence-electron chi connectivity index (χ1n) is 21.9. The Bertz CT molecular complexity index is 2270. The van der Waals surface area contributed by atoms with E-state index in [1.54, 1.807) is 70.7 Å². The largest absolute Gasteiger partial charge is 0.446 e. The monoisotopic (exact) mass is 933 g/mol. The van der Waals surface area contributed by atoms with E-state index in [4.69, 9.17) is 11.9 Å². The maximum Gasteiger partial charge on any atom is 0.446 e. The third-order valence-corrected chi connectivity index (χ3v) is 10.4. The number of nitrogens with two attached hydrogens (primary N) is 1. The standard InChI is InChI=1S/C15H21N3O3.C13H17N3O3.C12H18N4O2.C2HF3O.C2H6/c1-4-17(3)14(20)7-12-8-16-15(21)13-6-11(5-10(2)19)9-18(12)13;1-8(17)3-9-4-11-13(19)15-6-10(16(11)7-9)5-12(18)14-2;1-3-15(2)11(17)5-9-6-14-12(18)10-4-8(13)7-16(9)10;3-2(4,5)1-6;1-2/h6,9,12H,4-5,7-8H2,1-3H3,(H,16,21);4,7,10H,3,5-6H2,1-2H3,(H,14,18)(H,15,19);4,7,9H,3,5-6,13H2,1-2H3,(H,14,18);1H;1-2H3/i;;;1D;. The summed E-state index contributed by atoms with van der Waals surface area (Å²) < 4.78 is 42.8. The molecular formula is C44H63F3N10O9. The van der Waals surface area contributed by atoms with Gasteiger partial charge in [-0.05, 0) is 57.0 Å². The summed E-state index contributed by atoms with van der Waals surface area (Å²) in [5, 5.41) is 10.9. The van der Waals surface area contributed by atoms with Crippen LogP contribution in [0.2, 0.25) is 0 Å². The van der Waals surface area contributed by atoms with Crippen molar-refractivity contribution in [3.05, 3.63) is 65.0 Å². The molecule has 3 aliphatic heterocycles. The Morgan fingerprint density at radius 3 is 1.38 bits per heavy atom. The summed E-state index contributed by atoms with van der Waals surface area (Å²) in [4.78, 5) is 105. The first-order chi connectivity index (χ1) is 31.4. The lowest BCUT2D eigenvalue weighted by Crippen LogP contribution is -2.40. The highest BCUT2D eigenvalue weighted by atomic mass is 19.4. The molecule has 19 nitrogen and oxygen atoms in total. The number of carbonyl (C=O) groups excluding carboxylic acids is 9. The van der Waals surface area contributed by atoms with Crippen molar-refractivity contribution in [2.75, 3.05) is 59.6 Å². The average molecular weight is 934 g/mol. The fourth-order valence-electron chi connectivity index (χ4n) is 6.89. The summed E-state index contributed by atoms with van der Waals surface area (Å²) in [5.74, 6) is -0.320. The number of hydrogen-bond donors (Lipinski definition) is 5. The van der Waals surface area contributed by atoms with Crippen molar-refractivity contribution in [3.8, 4) is 0 Å². The molecule has 3 aromatic rings. The Morgan fingerprint density at radius 1 is 0.727 bits per heavy atom. The van der Waals surface area contributed by atoms with Crippen molar-refractivity contribution >= 4 is 59.0 Å². The minimum absolute atomic E-state index is 0.0474. The first-order valence-corrected chi connectivity index (χ1v) is 21.4. The number of rotatable bonds is 12. The van der Waals surface area contributed by atoms with Crippen LogP contribution in [0.25, 0.3) is 0 Å². The highest BCUT2D eigenvalue weighted by Crippen LogP contribution is 2.25. The van der Waals surface area contributed by atoms with Crippen LogP contribution >= 0.6 is 0 Å². The van der Waals surface area contributed by atoms with E-state index in [-0.39, 0.29) is 65.1 Å². The molecule has 0 saturated carbocycles. The number of nitrogens with one attached hydrogen (secondary N) is 4. The maximum atomic E-state index is 12.1. The SMILES string of the molecule is CC.CCN(C)C(=O)CC1CNC(=O)c2cc(CC(C)=O)cn21.CCN(C)C(=O)CC1CNC(=O)c2cc(N)cn21.CNC(=O)CC1CNC(=O)c2cc(CC(C)=O)cn21.[2H]C(=O)C(F)(F)F. The Kier molecular flexibility index (Phi) is 20.8. The maximum absolute atomic E-state index is 12.1. The number of ketones is 2. The molecule has 3 aromatic heterocycles. The molecule has 3 unspecified atom stereocenters. The smallest absolute Gasteiger partial charge is 0.397 e. The summed E-state index contributed by atoms with van der Waals surface area (Å²) in [7, 11) is 5.12. The molecule has 22 heteroatoms. The molecule has 66 heavy (non-hydrogen) atoms. The zero-order valence-electron chi connectivity index (χ0n) is 39.9. The van der Waals surface area contributed by atoms with E-state index in [9.17, 15) is 51.5 Å². The predicted molar refractivity (Wildman–Crippen MR) is 239 cm³/mol. The van der Waals surface area contributed by atoms with Crippen molar-refractivity contribution in [1.82, 2.24) is 44.8 Å².